The molecule has 4 aliphatic rings. The van der Waals surface area contributed by atoms with Gasteiger partial charge in [0.2, 0.25) is 0 Å². The van der Waals surface area contributed by atoms with Crippen LogP contribution in [0.2, 0.25) is 0 Å². The smallest absolute Gasteiger partial charge is 0.312 e. The van der Waals surface area contributed by atoms with E-state index in [9.17, 15) is 4.79 Å². The molecular formula is C34H54O3. The topological polar surface area (TPSA) is 35.5 Å². The van der Waals surface area contributed by atoms with Crippen LogP contribution in [0.5, 0.6) is 5.75 Å². The van der Waals surface area contributed by atoms with Crippen LogP contribution in [0.25, 0.3) is 0 Å². The molecule has 0 heterocycles. The lowest BCUT2D eigenvalue weighted by Gasteiger charge is -2.46. The van der Waals surface area contributed by atoms with Crippen molar-refractivity contribution in [1.82, 2.24) is 0 Å². The Balaban J connectivity index is 0.000000188. The minimum Gasteiger partial charge on any atom is -0.488 e. The van der Waals surface area contributed by atoms with Gasteiger partial charge < -0.3 is 9.47 Å². The summed E-state index contributed by atoms with van der Waals surface area (Å²) in [5, 5.41) is 0. The lowest BCUT2D eigenvalue weighted by Crippen LogP contribution is -2.49. The Morgan fingerprint density at radius 2 is 1.57 bits per heavy atom. The molecular weight excluding hydrogens is 456 g/mol. The van der Waals surface area contributed by atoms with Crippen LogP contribution in [-0.4, -0.2) is 17.2 Å². The third-order valence-electron chi connectivity index (χ3n) is 10.7. The maximum atomic E-state index is 12.7. The maximum Gasteiger partial charge on any atom is 0.312 e. The number of benzene rings is 1. The van der Waals surface area contributed by atoms with Crippen LogP contribution in [0.15, 0.2) is 24.3 Å². The van der Waals surface area contributed by atoms with E-state index in [2.05, 4.69) is 72.7 Å². The highest BCUT2D eigenvalue weighted by atomic mass is 16.6. The summed E-state index contributed by atoms with van der Waals surface area (Å²) < 4.78 is 12.1. The van der Waals surface area contributed by atoms with Crippen molar-refractivity contribution in [2.24, 2.45) is 40.9 Å². The van der Waals surface area contributed by atoms with Gasteiger partial charge >= 0.3 is 5.97 Å². The maximum absolute atomic E-state index is 12.7. The van der Waals surface area contributed by atoms with Gasteiger partial charge in [0.25, 0.3) is 0 Å². The minimum atomic E-state index is -0.335. The zero-order chi connectivity index (χ0) is 27.2. The number of fused-ring (bicyclic) bond motifs is 9. The van der Waals surface area contributed by atoms with Gasteiger partial charge in [-0.05, 0) is 139 Å². The van der Waals surface area contributed by atoms with Crippen molar-refractivity contribution in [3.05, 3.63) is 29.8 Å². The van der Waals surface area contributed by atoms with Crippen molar-refractivity contribution in [2.75, 3.05) is 0 Å². The number of esters is 1. The fourth-order valence-corrected chi connectivity index (χ4v) is 8.21. The normalized spacial score (nSPS) is 34.5. The van der Waals surface area contributed by atoms with Gasteiger partial charge in [-0.15, -0.1) is 0 Å². The number of rotatable bonds is 7. The highest BCUT2D eigenvalue weighted by Crippen LogP contribution is 2.71. The molecule has 8 atom stereocenters. The molecule has 4 bridgehead atoms. The standard InChI is InChI=1S/C20H32O2.C14H22O/c1-5-19(3,4)18(21)22-20(6-2)11-14-10-15(20)17-13-8-7-12(9-13)16(14)17;1-6-11(2)12-7-9-13(10-8-12)15-14(3,4)5/h12-17H,5-11H2,1-4H3;7-11H,6H2,1-5H3. The number of carbonyl (C=O) groups is 1. The van der Waals surface area contributed by atoms with E-state index in [0.29, 0.717) is 11.8 Å². The summed E-state index contributed by atoms with van der Waals surface area (Å²) in [4.78, 5) is 12.7. The fourth-order valence-electron chi connectivity index (χ4n) is 8.21. The molecule has 0 saturated heterocycles. The molecule has 4 saturated carbocycles. The van der Waals surface area contributed by atoms with E-state index in [0.717, 1.165) is 54.6 Å². The SMILES string of the molecule is CCC(C)(C)C(=O)OC1(CC)CC2CC1C1C3CCC(C3)C21.CCC(C)c1ccc(OC(C)(C)C)cc1. The lowest BCUT2D eigenvalue weighted by atomic mass is 9.65. The van der Waals surface area contributed by atoms with Crippen LogP contribution in [0.4, 0.5) is 0 Å². The van der Waals surface area contributed by atoms with Gasteiger partial charge in [0.05, 0.1) is 5.41 Å². The van der Waals surface area contributed by atoms with Gasteiger partial charge in [0.1, 0.15) is 17.0 Å². The first kappa shape index (κ1) is 28.5. The summed E-state index contributed by atoms with van der Waals surface area (Å²) in [7, 11) is 0. The van der Waals surface area contributed by atoms with E-state index >= 15 is 0 Å². The number of hydrogen-bond acceptors (Lipinski definition) is 3. The Morgan fingerprint density at radius 3 is 2.11 bits per heavy atom. The minimum absolute atomic E-state index is 0.0455. The summed E-state index contributed by atoms with van der Waals surface area (Å²) in [5.41, 5.74) is 0.814. The molecule has 3 heteroatoms. The van der Waals surface area contributed by atoms with Crippen LogP contribution >= 0.6 is 0 Å². The molecule has 0 aliphatic heterocycles. The van der Waals surface area contributed by atoms with Crippen LogP contribution in [0.3, 0.4) is 0 Å². The van der Waals surface area contributed by atoms with E-state index in [1.165, 1.54) is 37.7 Å². The van der Waals surface area contributed by atoms with E-state index in [1.807, 2.05) is 13.8 Å². The number of hydrogen-bond donors (Lipinski definition) is 0. The van der Waals surface area contributed by atoms with Gasteiger partial charge in [0, 0.05) is 5.92 Å². The van der Waals surface area contributed by atoms with Crippen LogP contribution in [0, 0.1) is 40.9 Å². The quantitative estimate of drug-likeness (QED) is 0.271. The Labute approximate surface area is 227 Å². The van der Waals surface area contributed by atoms with Gasteiger partial charge in [0.15, 0.2) is 0 Å². The highest BCUT2D eigenvalue weighted by Gasteiger charge is 2.67. The Morgan fingerprint density at radius 1 is 0.946 bits per heavy atom. The summed E-state index contributed by atoms with van der Waals surface area (Å²) in [6.07, 6.45) is 9.97. The predicted molar refractivity (Wildman–Crippen MR) is 153 cm³/mol. The summed E-state index contributed by atoms with van der Waals surface area (Å²) in [5.74, 6) is 6.99. The summed E-state index contributed by atoms with van der Waals surface area (Å²) >= 11 is 0. The molecule has 5 rings (SSSR count). The molecule has 0 aromatic heterocycles. The van der Waals surface area contributed by atoms with Crippen LogP contribution < -0.4 is 4.74 Å². The molecule has 37 heavy (non-hydrogen) atoms. The molecule has 4 aliphatic carbocycles. The molecule has 0 spiro atoms. The third-order valence-corrected chi connectivity index (χ3v) is 10.7. The van der Waals surface area contributed by atoms with Gasteiger partial charge in [-0.3, -0.25) is 4.79 Å². The molecule has 4 fully saturated rings. The molecule has 0 amide bonds. The monoisotopic (exact) mass is 510 g/mol. The first-order valence-corrected chi connectivity index (χ1v) is 15.4. The van der Waals surface area contributed by atoms with Crippen molar-refractivity contribution in [1.29, 1.82) is 0 Å². The van der Waals surface area contributed by atoms with Crippen molar-refractivity contribution < 1.29 is 14.3 Å². The summed E-state index contributed by atoms with van der Waals surface area (Å²) in [6.45, 7) is 19.1. The van der Waals surface area contributed by atoms with Crippen molar-refractivity contribution in [3.8, 4) is 5.75 Å². The van der Waals surface area contributed by atoms with E-state index in [-0.39, 0.29) is 22.6 Å². The first-order chi connectivity index (χ1) is 17.3. The Kier molecular flexibility index (Phi) is 8.14. The lowest BCUT2D eigenvalue weighted by molar-refractivity contribution is -0.183. The molecule has 3 nitrogen and oxygen atoms in total. The first-order valence-electron chi connectivity index (χ1n) is 15.4. The highest BCUT2D eigenvalue weighted by molar-refractivity contribution is 5.76. The van der Waals surface area contributed by atoms with Crippen LogP contribution in [-0.2, 0) is 9.53 Å². The molecule has 1 aromatic rings. The average molecular weight is 511 g/mol. The van der Waals surface area contributed by atoms with E-state index in [1.54, 1.807) is 0 Å². The predicted octanol–water partition coefficient (Wildman–Crippen LogP) is 9.19. The second kappa shape index (κ2) is 10.6. The second-order valence-corrected chi connectivity index (χ2v) is 14.4. The number of ether oxygens (including phenoxy) is 2. The van der Waals surface area contributed by atoms with Crippen molar-refractivity contribution >= 4 is 5.97 Å². The largest absolute Gasteiger partial charge is 0.488 e. The van der Waals surface area contributed by atoms with Crippen LogP contribution in [0.1, 0.15) is 125 Å². The molecule has 1 aromatic carbocycles. The summed E-state index contributed by atoms with van der Waals surface area (Å²) in [6, 6.07) is 8.45. The Bertz CT molecular complexity index is 925. The Hall–Kier alpha value is -1.51. The molecule has 0 radical (unpaired) electrons. The van der Waals surface area contributed by atoms with E-state index < -0.39 is 0 Å². The molecule has 0 N–H and O–H groups in total. The molecule has 208 valence electrons. The number of carbonyl (C=O) groups excluding carboxylic acids is 1. The molecule has 8 unspecified atom stereocenters. The third kappa shape index (κ3) is 5.62. The van der Waals surface area contributed by atoms with Crippen molar-refractivity contribution in [3.63, 3.8) is 0 Å². The second-order valence-electron chi connectivity index (χ2n) is 14.4. The van der Waals surface area contributed by atoms with Gasteiger partial charge in [-0.2, -0.15) is 0 Å². The zero-order valence-electron chi connectivity index (χ0n) is 25.2. The zero-order valence-corrected chi connectivity index (χ0v) is 25.2. The average Bonchev–Trinajstić information content (AvgIpc) is 3.63. The van der Waals surface area contributed by atoms with Gasteiger partial charge in [-0.1, -0.05) is 39.8 Å². The van der Waals surface area contributed by atoms with Crippen molar-refractivity contribution in [2.45, 2.75) is 131 Å². The van der Waals surface area contributed by atoms with Gasteiger partial charge in [-0.25, -0.2) is 0 Å². The van der Waals surface area contributed by atoms with E-state index in [4.69, 9.17) is 9.47 Å². The fraction of sp³-hybridized carbons (Fsp3) is 0.794.